The lowest BCUT2D eigenvalue weighted by molar-refractivity contribution is 0.342. The van der Waals surface area contributed by atoms with Crippen molar-refractivity contribution >= 4 is 6.21 Å². The second-order valence-corrected chi connectivity index (χ2v) is 1.09. The molecule has 7 heavy (non-hydrogen) atoms. The van der Waals surface area contributed by atoms with Crippen molar-refractivity contribution in [1.29, 1.82) is 5.41 Å². The molecule has 0 amide bonds. The van der Waals surface area contributed by atoms with Gasteiger partial charge in [0.25, 0.3) is 0 Å². The minimum Gasteiger partial charge on any atom is -0.392 e. The van der Waals surface area contributed by atoms with Crippen LogP contribution in [0.15, 0.2) is 12.2 Å². The van der Waals surface area contributed by atoms with Crippen LogP contribution in [0.2, 0.25) is 0 Å². The fraction of sp³-hybridized carbons (Fsp3) is 0.400. The Labute approximate surface area is 43.0 Å². The number of aliphatic hydroxyl groups is 1. The maximum absolute atomic E-state index is 8.13. The summed E-state index contributed by atoms with van der Waals surface area (Å²) in [6.45, 7) is 0.0772. The van der Waals surface area contributed by atoms with Crippen LogP contribution in [0.4, 0.5) is 0 Å². The molecular formula is C5H9NO. The highest BCUT2D eigenvalue weighted by Crippen LogP contribution is 1.73. The highest BCUT2D eigenvalue weighted by atomic mass is 16.2. The molecular weight excluding hydrogens is 90.1 g/mol. The first kappa shape index (κ1) is 6.37. The molecule has 0 aromatic heterocycles. The zero-order chi connectivity index (χ0) is 5.54. The molecule has 2 N–H and O–H groups in total. The molecule has 0 aliphatic carbocycles. The molecule has 0 aromatic rings. The third-order valence-corrected chi connectivity index (χ3v) is 0.526. The minimum atomic E-state index is 0.0772. The molecule has 0 aromatic carbocycles. The highest BCUT2D eigenvalue weighted by molar-refractivity contribution is 5.55. The van der Waals surface area contributed by atoms with Crippen molar-refractivity contribution in [2.45, 2.75) is 6.42 Å². The Balaban J connectivity index is 2.92. The normalized spacial score (nSPS) is 9.86. The summed E-state index contributed by atoms with van der Waals surface area (Å²) in [6, 6.07) is 0. The van der Waals surface area contributed by atoms with Gasteiger partial charge in [-0.3, -0.25) is 0 Å². The van der Waals surface area contributed by atoms with Gasteiger partial charge in [-0.25, -0.2) is 0 Å². The molecule has 0 unspecified atom stereocenters. The van der Waals surface area contributed by atoms with Gasteiger partial charge in [0.05, 0.1) is 6.61 Å². The summed E-state index contributed by atoms with van der Waals surface area (Å²) >= 11 is 0. The first-order valence-electron chi connectivity index (χ1n) is 2.16. The Morgan fingerprint density at radius 1 is 1.43 bits per heavy atom. The largest absolute Gasteiger partial charge is 0.392 e. The summed E-state index contributed by atoms with van der Waals surface area (Å²) in [6.07, 6.45) is 5.27. The van der Waals surface area contributed by atoms with E-state index < -0.39 is 0 Å². The summed E-state index contributed by atoms with van der Waals surface area (Å²) < 4.78 is 0. The molecule has 0 rings (SSSR count). The Bertz CT molecular complexity index is 68.5. The number of allylic oxidation sites excluding steroid dienone is 1. The smallest absolute Gasteiger partial charge is 0.0612 e. The first-order valence-corrected chi connectivity index (χ1v) is 2.16. The second-order valence-electron chi connectivity index (χ2n) is 1.09. The Kier molecular flexibility index (Phi) is 4.89. The van der Waals surface area contributed by atoms with Crippen LogP contribution in [-0.2, 0) is 0 Å². The quantitative estimate of drug-likeness (QED) is 0.394. The molecule has 0 fully saturated rings. The standard InChI is InChI=1S/C5H9NO/c6-4-2-1-3-5-7/h1,3-4,6-7H,2,5H2. The fourth-order valence-electron chi connectivity index (χ4n) is 0.239. The van der Waals surface area contributed by atoms with Crippen LogP contribution in [0.25, 0.3) is 0 Å². The predicted octanol–water partition coefficient (Wildman–Crippen LogP) is 0.575. The van der Waals surface area contributed by atoms with E-state index in [2.05, 4.69) is 0 Å². The van der Waals surface area contributed by atoms with E-state index in [4.69, 9.17) is 10.5 Å². The van der Waals surface area contributed by atoms with E-state index >= 15 is 0 Å². The van der Waals surface area contributed by atoms with Crippen molar-refractivity contribution in [3.05, 3.63) is 12.2 Å². The van der Waals surface area contributed by atoms with Crippen molar-refractivity contribution < 1.29 is 5.11 Å². The molecule has 0 saturated carbocycles. The van der Waals surface area contributed by atoms with E-state index in [1.807, 2.05) is 0 Å². The number of hydrogen-bond acceptors (Lipinski definition) is 2. The van der Waals surface area contributed by atoms with Gasteiger partial charge in [0.2, 0.25) is 0 Å². The van der Waals surface area contributed by atoms with Crippen molar-refractivity contribution in [2.24, 2.45) is 0 Å². The lowest BCUT2D eigenvalue weighted by atomic mass is 10.4. The molecule has 0 bridgehead atoms. The topological polar surface area (TPSA) is 44.1 Å². The lowest BCUT2D eigenvalue weighted by Gasteiger charge is -1.74. The van der Waals surface area contributed by atoms with Crippen LogP contribution in [-0.4, -0.2) is 17.9 Å². The van der Waals surface area contributed by atoms with Gasteiger partial charge >= 0.3 is 0 Å². The van der Waals surface area contributed by atoms with E-state index in [1.54, 1.807) is 12.2 Å². The molecule has 0 aliphatic rings. The van der Waals surface area contributed by atoms with Crippen LogP contribution >= 0.6 is 0 Å². The molecule has 2 nitrogen and oxygen atoms in total. The first-order chi connectivity index (χ1) is 3.41. The van der Waals surface area contributed by atoms with Crippen LogP contribution in [0, 0.1) is 5.41 Å². The van der Waals surface area contributed by atoms with Crippen molar-refractivity contribution in [3.63, 3.8) is 0 Å². The van der Waals surface area contributed by atoms with E-state index in [-0.39, 0.29) is 6.61 Å². The average molecular weight is 99.1 g/mol. The summed E-state index contributed by atoms with van der Waals surface area (Å²) in [5.74, 6) is 0. The number of aliphatic hydroxyl groups excluding tert-OH is 1. The summed E-state index contributed by atoms with van der Waals surface area (Å²) in [5, 5.41) is 14.7. The van der Waals surface area contributed by atoms with Gasteiger partial charge in [-0.15, -0.1) is 0 Å². The van der Waals surface area contributed by atoms with Crippen molar-refractivity contribution in [3.8, 4) is 0 Å². The molecule has 0 atom stereocenters. The van der Waals surface area contributed by atoms with Crippen LogP contribution in [0.5, 0.6) is 0 Å². The van der Waals surface area contributed by atoms with E-state index in [1.165, 1.54) is 6.21 Å². The van der Waals surface area contributed by atoms with Gasteiger partial charge in [-0.05, 0) is 6.21 Å². The molecule has 2 heteroatoms. The van der Waals surface area contributed by atoms with E-state index in [0.29, 0.717) is 6.42 Å². The zero-order valence-corrected chi connectivity index (χ0v) is 4.09. The maximum atomic E-state index is 8.13. The molecule has 0 saturated heterocycles. The van der Waals surface area contributed by atoms with Gasteiger partial charge in [0, 0.05) is 6.42 Å². The molecule has 0 spiro atoms. The van der Waals surface area contributed by atoms with Crippen molar-refractivity contribution in [1.82, 2.24) is 0 Å². The predicted molar refractivity (Wildman–Crippen MR) is 29.6 cm³/mol. The second kappa shape index (κ2) is 5.37. The molecule has 0 radical (unpaired) electrons. The highest BCUT2D eigenvalue weighted by Gasteiger charge is 1.64. The Hall–Kier alpha value is -0.630. The van der Waals surface area contributed by atoms with E-state index in [0.717, 1.165) is 0 Å². The Morgan fingerprint density at radius 3 is 2.57 bits per heavy atom. The van der Waals surface area contributed by atoms with Crippen LogP contribution in [0.3, 0.4) is 0 Å². The SMILES string of the molecule is N=CCC=CCO. The summed E-state index contributed by atoms with van der Waals surface area (Å²) in [4.78, 5) is 0. The van der Waals surface area contributed by atoms with Crippen molar-refractivity contribution in [2.75, 3.05) is 6.61 Å². The number of rotatable bonds is 3. The Morgan fingerprint density at radius 2 is 2.14 bits per heavy atom. The number of hydrogen-bond donors (Lipinski definition) is 2. The average Bonchev–Trinajstić information content (AvgIpc) is 1.69. The maximum Gasteiger partial charge on any atom is 0.0612 e. The molecule has 0 heterocycles. The van der Waals surface area contributed by atoms with Gasteiger partial charge in [0.15, 0.2) is 0 Å². The third kappa shape index (κ3) is 5.37. The van der Waals surface area contributed by atoms with Gasteiger partial charge in [-0.2, -0.15) is 0 Å². The monoisotopic (exact) mass is 99.1 g/mol. The third-order valence-electron chi connectivity index (χ3n) is 0.526. The van der Waals surface area contributed by atoms with Gasteiger partial charge in [0.1, 0.15) is 0 Å². The van der Waals surface area contributed by atoms with Gasteiger partial charge < -0.3 is 10.5 Å². The lowest BCUT2D eigenvalue weighted by Crippen LogP contribution is -1.70. The molecule has 0 aliphatic heterocycles. The summed E-state index contributed by atoms with van der Waals surface area (Å²) in [7, 11) is 0. The van der Waals surface area contributed by atoms with Crippen LogP contribution < -0.4 is 0 Å². The van der Waals surface area contributed by atoms with Crippen LogP contribution in [0.1, 0.15) is 6.42 Å². The fourth-order valence-corrected chi connectivity index (χ4v) is 0.239. The zero-order valence-electron chi connectivity index (χ0n) is 4.09. The summed E-state index contributed by atoms with van der Waals surface area (Å²) in [5.41, 5.74) is 0. The minimum absolute atomic E-state index is 0.0772. The number of nitrogens with one attached hydrogen (secondary N) is 1. The van der Waals surface area contributed by atoms with E-state index in [9.17, 15) is 0 Å². The van der Waals surface area contributed by atoms with Gasteiger partial charge in [-0.1, -0.05) is 12.2 Å². The molecule has 40 valence electrons.